The second-order valence-electron chi connectivity index (χ2n) is 5.11. The fraction of sp³-hybridized carbons (Fsp3) is 1.00. The van der Waals surface area contributed by atoms with Gasteiger partial charge < -0.3 is 9.84 Å². The molecule has 2 nitrogen and oxygen atoms in total. The van der Waals surface area contributed by atoms with E-state index in [1.165, 1.54) is 25.7 Å². The predicted molar refractivity (Wildman–Crippen MR) is 56.1 cm³/mol. The molecule has 0 atom stereocenters. The van der Waals surface area contributed by atoms with E-state index >= 15 is 0 Å². The Morgan fingerprint density at radius 2 is 1.86 bits per heavy atom. The Bertz CT molecular complexity index is 179. The summed E-state index contributed by atoms with van der Waals surface area (Å²) in [7, 11) is 0. The Balaban J connectivity index is 1.91. The van der Waals surface area contributed by atoms with Crippen LogP contribution in [0.25, 0.3) is 0 Å². The van der Waals surface area contributed by atoms with Gasteiger partial charge in [-0.05, 0) is 38.0 Å². The number of aliphatic hydroxyl groups excluding tert-OH is 1. The Hall–Kier alpha value is -0.0800. The first-order valence-electron chi connectivity index (χ1n) is 6.02. The monoisotopic (exact) mass is 198 g/mol. The van der Waals surface area contributed by atoms with Crippen LogP contribution in [0.3, 0.4) is 0 Å². The van der Waals surface area contributed by atoms with Gasteiger partial charge >= 0.3 is 0 Å². The first-order valence-corrected chi connectivity index (χ1v) is 6.02. The summed E-state index contributed by atoms with van der Waals surface area (Å²) in [5.41, 5.74) is 0.495. The molecule has 2 rings (SSSR count). The van der Waals surface area contributed by atoms with E-state index in [1.807, 2.05) is 0 Å². The summed E-state index contributed by atoms with van der Waals surface area (Å²) in [6, 6.07) is 0. The third-order valence-electron chi connectivity index (χ3n) is 4.09. The second kappa shape index (κ2) is 4.19. The molecule has 0 aromatic heterocycles. The van der Waals surface area contributed by atoms with Crippen molar-refractivity contribution in [2.75, 3.05) is 13.2 Å². The zero-order chi connectivity index (χ0) is 10.0. The van der Waals surface area contributed by atoms with Gasteiger partial charge in [0.25, 0.3) is 0 Å². The highest BCUT2D eigenvalue weighted by Crippen LogP contribution is 2.46. The zero-order valence-corrected chi connectivity index (χ0v) is 9.17. The van der Waals surface area contributed by atoms with Crippen LogP contribution in [0.15, 0.2) is 0 Å². The van der Waals surface area contributed by atoms with Gasteiger partial charge in [0.2, 0.25) is 0 Å². The van der Waals surface area contributed by atoms with Gasteiger partial charge in [-0.15, -0.1) is 0 Å². The molecular formula is C12H22O2. The SMILES string of the molecule is CCCC1(C2CCC(O)CC2)COC1. The highest BCUT2D eigenvalue weighted by atomic mass is 16.5. The van der Waals surface area contributed by atoms with Crippen LogP contribution in [-0.4, -0.2) is 24.4 Å². The van der Waals surface area contributed by atoms with Gasteiger partial charge in [0, 0.05) is 5.41 Å². The van der Waals surface area contributed by atoms with E-state index in [4.69, 9.17) is 4.74 Å². The third-order valence-corrected chi connectivity index (χ3v) is 4.09. The fourth-order valence-electron chi connectivity index (χ4n) is 3.13. The second-order valence-corrected chi connectivity index (χ2v) is 5.11. The first kappa shape index (κ1) is 10.4. The van der Waals surface area contributed by atoms with Gasteiger partial charge in [0.05, 0.1) is 19.3 Å². The molecule has 0 aromatic rings. The number of ether oxygens (including phenoxy) is 1. The zero-order valence-electron chi connectivity index (χ0n) is 9.17. The predicted octanol–water partition coefficient (Wildman–Crippen LogP) is 2.35. The lowest BCUT2D eigenvalue weighted by Crippen LogP contribution is -2.49. The molecule has 0 amide bonds. The number of hydrogen-bond acceptors (Lipinski definition) is 2. The number of hydrogen-bond donors (Lipinski definition) is 1. The van der Waals surface area contributed by atoms with Crippen molar-refractivity contribution >= 4 is 0 Å². The van der Waals surface area contributed by atoms with Gasteiger partial charge in [-0.2, -0.15) is 0 Å². The van der Waals surface area contributed by atoms with Gasteiger partial charge in [0.15, 0.2) is 0 Å². The average Bonchev–Trinajstić information content (AvgIpc) is 2.13. The summed E-state index contributed by atoms with van der Waals surface area (Å²) in [5.74, 6) is 0.819. The molecule has 14 heavy (non-hydrogen) atoms. The lowest BCUT2D eigenvalue weighted by Gasteiger charge is -2.49. The minimum Gasteiger partial charge on any atom is -0.393 e. The smallest absolute Gasteiger partial charge is 0.0547 e. The van der Waals surface area contributed by atoms with Gasteiger partial charge in [0.1, 0.15) is 0 Å². The summed E-state index contributed by atoms with van der Waals surface area (Å²) in [6.45, 7) is 4.21. The molecule has 1 saturated heterocycles. The van der Waals surface area contributed by atoms with Crippen LogP contribution in [0.5, 0.6) is 0 Å². The molecule has 0 unspecified atom stereocenters. The molecule has 1 N–H and O–H groups in total. The molecule has 0 bridgehead atoms. The van der Waals surface area contributed by atoms with Crippen molar-refractivity contribution in [2.45, 2.75) is 51.6 Å². The third kappa shape index (κ3) is 1.82. The summed E-state index contributed by atoms with van der Waals surface area (Å²) >= 11 is 0. The minimum absolute atomic E-state index is 0.0223. The molecule has 2 aliphatic rings. The highest BCUT2D eigenvalue weighted by Gasteiger charge is 2.45. The highest BCUT2D eigenvalue weighted by molar-refractivity contribution is 4.93. The molecule has 2 fully saturated rings. The van der Waals surface area contributed by atoms with E-state index in [9.17, 15) is 5.11 Å². The molecule has 82 valence electrons. The summed E-state index contributed by atoms with van der Waals surface area (Å²) in [4.78, 5) is 0. The summed E-state index contributed by atoms with van der Waals surface area (Å²) in [6.07, 6.45) is 7.00. The maximum Gasteiger partial charge on any atom is 0.0547 e. The largest absolute Gasteiger partial charge is 0.393 e. The van der Waals surface area contributed by atoms with E-state index in [2.05, 4.69) is 6.92 Å². The molecular weight excluding hydrogens is 176 g/mol. The molecule has 0 radical (unpaired) electrons. The average molecular weight is 198 g/mol. The Labute approximate surface area is 86.6 Å². The van der Waals surface area contributed by atoms with Crippen molar-refractivity contribution in [2.24, 2.45) is 11.3 Å². The molecule has 1 heterocycles. The standard InChI is InChI=1S/C12H22O2/c1-2-7-12(8-14-9-12)10-3-5-11(13)6-4-10/h10-11,13H,2-9H2,1H3. The van der Waals surface area contributed by atoms with Crippen LogP contribution in [0, 0.1) is 11.3 Å². The van der Waals surface area contributed by atoms with Gasteiger partial charge in [-0.1, -0.05) is 13.3 Å². The molecule has 1 aliphatic carbocycles. The molecule has 0 aromatic carbocycles. The topological polar surface area (TPSA) is 29.5 Å². The van der Waals surface area contributed by atoms with E-state index in [1.54, 1.807) is 0 Å². The molecule has 1 saturated carbocycles. The maximum absolute atomic E-state index is 9.48. The number of rotatable bonds is 3. The Kier molecular flexibility index (Phi) is 3.13. The quantitative estimate of drug-likeness (QED) is 0.754. The lowest BCUT2D eigenvalue weighted by molar-refractivity contribution is -0.160. The van der Waals surface area contributed by atoms with E-state index in [0.717, 1.165) is 32.0 Å². The normalized spacial score (nSPS) is 36.4. The van der Waals surface area contributed by atoms with Crippen LogP contribution in [0.1, 0.15) is 45.4 Å². The Morgan fingerprint density at radius 3 is 2.29 bits per heavy atom. The van der Waals surface area contributed by atoms with Crippen LogP contribution >= 0.6 is 0 Å². The van der Waals surface area contributed by atoms with Gasteiger partial charge in [-0.25, -0.2) is 0 Å². The molecule has 2 heteroatoms. The van der Waals surface area contributed by atoms with E-state index < -0.39 is 0 Å². The Morgan fingerprint density at radius 1 is 1.21 bits per heavy atom. The van der Waals surface area contributed by atoms with Crippen LogP contribution in [0.2, 0.25) is 0 Å². The molecule has 1 aliphatic heterocycles. The number of aliphatic hydroxyl groups is 1. The summed E-state index contributed by atoms with van der Waals surface area (Å²) < 4.78 is 5.41. The van der Waals surface area contributed by atoms with E-state index in [-0.39, 0.29) is 6.10 Å². The van der Waals surface area contributed by atoms with Crippen LogP contribution < -0.4 is 0 Å². The fourth-order valence-corrected chi connectivity index (χ4v) is 3.13. The van der Waals surface area contributed by atoms with Crippen LogP contribution in [0.4, 0.5) is 0 Å². The van der Waals surface area contributed by atoms with E-state index in [0.29, 0.717) is 5.41 Å². The maximum atomic E-state index is 9.48. The minimum atomic E-state index is -0.0223. The van der Waals surface area contributed by atoms with Crippen molar-refractivity contribution in [3.63, 3.8) is 0 Å². The lowest BCUT2D eigenvalue weighted by atomic mass is 9.65. The van der Waals surface area contributed by atoms with Crippen molar-refractivity contribution in [3.8, 4) is 0 Å². The van der Waals surface area contributed by atoms with Crippen molar-refractivity contribution in [3.05, 3.63) is 0 Å². The van der Waals surface area contributed by atoms with Crippen molar-refractivity contribution in [1.29, 1.82) is 0 Å². The van der Waals surface area contributed by atoms with Crippen molar-refractivity contribution < 1.29 is 9.84 Å². The molecule has 0 spiro atoms. The van der Waals surface area contributed by atoms with Gasteiger partial charge in [-0.3, -0.25) is 0 Å². The summed E-state index contributed by atoms with van der Waals surface area (Å²) in [5, 5.41) is 9.48. The van der Waals surface area contributed by atoms with Crippen LogP contribution in [-0.2, 0) is 4.74 Å². The van der Waals surface area contributed by atoms with Crippen molar-refractivity contribution in [1.82, 2.24) is 0 Å². The first-order chi connectivity index (χ1) is 6.77.